The summed E-state index contributed by atoms with van der Waals surface area (Å²) >= 11 is 0. The third-order valence-electron chi connectivity index (χ3n) is 2.32. The van der Waals surface area contributed by atoms with Crippen LogP contribution in [0.2, 0.25) is 0 Å². The van der Waals surface area contributed by atoms with E-state index in [0.29, 0.717) is 11.5 Å². The van der Waals surface area contributed by atoms with Gasteiger partial charge in [-0.25, -0.2) is 14.4 Å². The summed E-state index contributed by atoms with van der Waals surface area (Å²) in [6.45, 7) is 0. The fourth-order valence-electron chi connectivity index (χ4n) is 1.39. The van der Waals surface area contributed by atoms with Gasteiger partial charge in [0.1, 0.15) is 29.7 Å². The SMILES string of the molecule is CN(c1ccc(F)cc1)c1cc(C#N)ncn1. The molecule has 0 radical (unpaired) electrons. The van der Waals surface area contributed by atoms with E-state index in [2.05, 4.69) is 9.97 Å². The number of hydrogen-bond donors (Lipinski definition) is 0. The summed E-state index contributed by atoms with van der Waals surface area (Å²) in [4.78, 5) is 9.60. The van der Waals surface area contributed by atoms with Crippen LogP contribution in [0.4, 0.5) is 15.9 Å². The van der Waals surface area contributed by atoms with Crippen LogP contribution in [-0.4, -0.2) is 17.0 Å². The van der Waals surface area contributed by atoms with Gasteiger partial charge in [-0.05, 0) is 24.3 Å². The van der Waals surface area contributed by atoms with Crippen molar-refractivity contribution in [2.24, 2.45) is 0 Å². The molecule has 1 aromatic heterocycles. The van der Waals surface area contributed by atoms with E-state index >= 15 is 0 Å². The van der Waals surface area contributed by atoms with Crippen molar-refractivity contribution in [2.75, 3.05) is 11.9 Å². The third kappa shape index (κ3) is 2.37. The van der Waals surface area contributed by atoms with Gasteiger partial charge in [-0.1, -0.05) is 0 Å². The third-order valence-corrected chi connectivity index (χ3v) is 2.32. The van der Waals surface area contributed by atoms with Gasteiger partial charge < -0.3 is 4.90 Å². The van der Waals surface area contributed by atoms with Crippen LogP contribution in [0.25, 0.3) is 0 Å². The Hall–Kier alpha value is -2.48. The van der Waals surface area contributed by atoms with Crippen LogP contribution in [0.15, 0.2) is 36.7 Å². The second-order valence-electron chi connectivity index (χ2n) is 3.41. The van der Waals surface area contributed by atoms with Crippen molar-refractivity contribution in [3.05, 3.63) is 48.2 Å². The molecular weight excluding hydrogens is 219 g/mol. The Bertz CT molecular complexity index is 559. The lowest BCUT2D eigenvalue weighted by Crippen LogP contribution is -2.11. The Labute approximate surface area is 98.0 Å². The molecule has 0 saturated heterocycles. The van der Waals surface area contributed by atoms with Crippen LogP contribution >= 0.6 is 0 Å². The van der Waals surface area contributed by atoms with Crippen molar-refractivity contribution in [1.29, 1.82) is 5.26 Å². The van der Waals surface area contributed by atoms with E-state index in [1.165, 1.54) is 18.5 Å². The highest BCUT2D eigenvalue weighted by atomic mass is 19.1. The Kier molecular flexibility index (Phi) is 2.97. The maximum Gasteiger partial charge on any atom is 0.145 e. The van der Waals surface area contributed by atoms with Crippen molar-refractivity contribution in [2.45, 2.75) is 0 Å². The zero-order chi connectivity index (χ0) is 12.3. The molecule has 84 valence electrons. The maximum absolute atomic E-state index is 12.8. The van der Waals surface area contributed by atoms with Crippen LogP contribution in [0.5, 0.6) is 0 Å². The first-order chi connectivity index (χ1) is 8.20. The summed E-state index contributed by atoms with van der Waals surface area (Å²) in [5.41, 5.74) is 1.08. The topological polar surface area (TPSA) is 52.8 Å². The van der Waals surface area contributed by atoms with Gasteiger partial charge >= 0.3 is 0 Å². The highest BCUT2D eigenvalue weighted by Gasteiger charge is 2.06. The van der Waals surface area contributed by atoms with Gasteiger partial charge in [0, 0.05) is 18.8 Å². The molecule has 0 unspecified atom stereocenters. The fraction of sp³-hybridized carbons (Fsp3) is 0.0833. The Morgan fingerprint density at radius 1 is 1.24 bits per heavy atom. The number of hydrogen-bond acceptors (Lipinski definition) is 4. The van der Waals surface area contributed by atoms with Crippen LogP contribution in [-0.2, 0) is 0 Å². The summed E-state index contributed by atoms with van der Waals surface area (Å²) in [5.74, 6) is 0.297. The average Bonchev–Trinajstić information content (AvgIpc) is 2.39. The van der Waals surface area contributed by atoms with Gasteiger partial charge in [-0.15, -0.1) is 0 Å². The molecule has 0 fully saturated rings. The summed E-state index contributed by atoms with van der Waals surface area (Å²) in [6.07, 6.45) is 1.33. The smallest absolute Gasteiger partial charge is 0.145 e. The number of nitrogens with zero attached hydrogens (tertiary/aromatic N) is 4. The summed E-state index contributed by atoms with van der Waals surface area (Å²) < 4.78 is 12.8. The predicted octanol–water partition coefficient (Wildman–Crippen LogP) is 2.26. The number of aromatic nitrogens is 2. The van der Waals surface area contributed by atoms with Gasteiger partial charge in [0.15, 0.2) is 0 Å². The second kappa shape index (κ2) is 4.58. The van der Waals surface area contributed by atoms with Gasteiger partial charge in [0.05, 0.1) is 0 Å². The zero-order valence-corrected chi connectivity index (χ0v) is 9.13. The van der Waals surface area contributed by atoms with Crippen LogP contribution < -0.4 is 4.90 Å². The number of rotatable bonds is 2. The molecule has 1 heterocycles. The molecule has 0 saturated carbocycles. The molecule has 1 aromatic carbocycles. The molecule has 0 N–H and O–H groups in total. The van der Waals surface area contributed by atoms with E-state index in [-0.39, 0.29) is 5.82 Å². The molecule has 2 aromatic rings. The maximum atomic E-state index is 12.8. The van der Waals surface area contributed by atoms with Crippen molar-refractivity contribution >= 4 is 11.5 Å². The lowest BCUT2D eigenvalue weighted by molar-refractivity contribution is 0.628. The van der Waals surface area contributed by atoms with E-state index in [4.69, 9.17) is 5.26 Å². The highest BCUT2D eigenvalue weighted by molar-refractivity contribution is 5.59. The first-order valence-corrected chi connectivity index (χ1v) is 4.92. The Balaban J connectivity index is 2.33. The van der Waals surface area contributed by atoms with Crippen molar-refractivity contribution in [3.63, 3.8) is 0 Å². The molecule has 5 heteroatoms. The minimum absolute atomic E-state index is 0.289. The molecule has 17 heavy (non-hydrogen) atoms. The number of halogens is 1. The van der Waals surface area contributed by atoms with Crippen molar-refractivity contribution in [1.82, 2.24) is 9.97 Å². The van der Waals surface area contributed by atoms with Crippen LogP contribution in [0.3, 0.4) is 0 Å². The van der Waals surface area contributed by atoms with E-state index < -0.39 is 0 Å². The van der Waals surface area contributed by atoms with E-state index in [9.17, 15) is 4.39 Å². The summed E-state index contributed by atoms with van der Waals surface area (Å²) in [5, 5.41) is 8.74. The summed E-state index contributed by atoms with van der Waals surface area (Å²) in [7, 11) is 1.79. The first kappa shape index (κ1) is 11.0. The fourth-order valence-corrected chi connectivity index (χ4v) is 1.39. The lowest BCUT2D eigenvalue weighted by atomic mass is 10.3. The number of nitriles is 1. The van der Waals surface area contributed by atoms with E-state index in [1.807, 2.05) is 6.07 Å². The molecule has 4 nitrogen and oxygen atoms in total. The van der Waals surface area contributed by atoms with Crippen LogP contribution in [0, 0.1) is 17.1 Å². The number of benzene rings is 1. The molecule has 2 rings (SSSR count). The average molecular weight is 228 g/mol. The first-order valence-electron chi connectivity index (χ1n) is 4.92. The summed E-state index contributed by atoms with van der Waals surface area (Å²) in [6, 6.07) is 9.55. The molecule has 0 amide bonds. The van der Waals surface area contributed by atoms with Gasteiger partial charge in [-0.2, -0.15) is 5.26 Å². The van der Waals surface area contributed by atoms with Gasteiger partial charge in [0.2, 0.25) is 0 Å². The second-order valence-corrected chi connectivity index (χ2v) is 3.41. The molecule has 0 aliphatic carbocycles. The zero-order valence-electron chi connectivity index (χ0n) is 9.13. The Morgan fingerprint density at radius 2 is 1.94 bits per heavy atom. The van der Waals surface area contributed by atoms with E-state index in [1.54, 1.807) is 30.1 Å². The van der Waals surface area contributed by atoms with Crippen molar-refractivity contribution in [3.8, 4) is 6.07 Å². The molecule has 0 bridgehead atoms. The lowest BCUT2D eigenvalue weighted by Gasteiger charge is -2.17. The predicted molar refractivity (Wildman–Crippen MR) is 61.2 cm³/mol. The normalized spacial score (nSPS) is 9.71. The quantitative estimate of drug-likeness (QED) is 0.791. The largest absolute Gasteiger partial charge is 0.329 e. The monoisotopic (exact) mass is 228 g/mol. The Morgan fingerprint density at radius 3 is 2.59 bits per heavy atom. The molecule has 0 spiro atoms. The van der Waals surface area contributed by atoms with E-state index in [0.717, 1.165) is 5.69 Å². The highest BCUT2D eigenvalue weighted by Crippen LogP contribution is 2.21. The van der Waals surface area contributed by atoms with Gasteiger partial charge in [0.25, 0.3) is 0 Å². The molecule has 0 aliphatic rings. The molecular formula is C12H9FN4. The minimum Gasteiger partial charge on any atom is -0.329 e. The van der Waals surface area contributed by atoms with Crippen molar-refractivity contribution < 1.29 is 4.39 Å². The van der Waals surface area contributed by atoms with Gasteiger partial charge in [-0.3, -0.25) is 0 Å². The minimum atomic E-state index is -0.289. The molecule has 0 atom stereocenters. The van der Waals surface area contributed by atoms with Crippen LogP contribution in [0.1, 0.15) is 5.69 Å². The number of anilines is 2. The standard InChI is InChI=1S/C12H9FN4/c1-17(11-4-2-9(13)3-5-11)12-6-10(7-14)15-8-16-12/h2-6,8H,1H3. The molecule has 0 aliphatic heterocycles.